The van der Waals surface area contributed by atoms with E-state index in [0.29, 0.717) is 24.8 Å². The van der Waals surface area contributed by atoms with Gasteiger partial charge in [0.15, 0.2) is 17.2 Å². The first-order chi connectivity index (χ1) is 26.4. The van der Waals surface area contributed by atoms with E-state index in [9.17, 15) is 59.1 Å². The van der Waals surface area contributed by atoms with E-state index in [-0.39, 0.29) is 24.9 Å². The van der Waals surface area contributed by atoms with E-state index in [0.717, 1.165) is 23.0 Å². The van der Waals surface area contributed by atoms with Gasteiger partial charge in [-0.15, -0.1) is 0 Å². The van der Waals surface area contributed by atoms with Crippen LogP contribution in [0, 0.1) is 11.8 Å². The number of aromatic nitrogens is 1. The molecule has 0 bridgehead atoms. The molecule has 2 aromatic carbocycles. The molecule has 56 heavy (non-hydrogen) atoms. The number of amides is 5. The number of nitrogens with one attached hydrogen (secondary N) is 6. The van der Waals surface area contributed by atoms with E-state index in [1.807, 2.05) is 24.3 Å². The van der Waals surface area contributed by atoms with Crippen molar-refractivity contribution < 1.29 is 59.1 Å². The van der Waals surface area contributed by atoms with Crippen LogP contribution >= 0.6 is 0 Å². The maximum Gasteiger partial charge on any atom is 0.326 e. The predicted molar refractivity (Wildman–Crippen MR) is 202 cm³/mol. The zero-order chi connectivity index (χ0) is 41.7. The van der Waals surface area contributed by atoms with E-state index in [2.05, 4.69) is 31.6 Å². The summed E-state index contributed by atoms with van der Waals surface area (Å²) in [5.41, 5.74) is 1.44. The lowest BCUT2D eigenvalue weighted by atomic mass is 9.99. The van der Waals surface area contributed by atoms with Crippen LogP contribution in [0.3, 0.4) is 0 Å². The first kappa shape index (κ1) is 44.1. The van der Waals surface area contributed by atoms with Crippen LogP contribution in [0.25, 0.3) is 10.9 Å². The molecular weight excluding hydrogens is 732 g/mol. The van der Waals surface area contributed by atoms with Crippen LogP contribution in [-0.4, -0.2) is 103 Å². The van der Waals surface area contributed by atoms with Gasteiger partial charge < -0.3 is 57.1 Å². The maximum absolute atomic E-state index is 13.9. The number of carbonyl (C=O) groups excluding carboxylic acids is 5. The van der Waals surface area contributed by atoms with E-state index >= 15 is 0 Å². The molecule has 0 aliphatic heterocycles. The number of phenols is 3. The van der Waals surface area contributed by atoms with Crippen molar-refractivity contribution in [2.75, 3.05) is 6.54 Å². The van der Waals surface area contributed by atoms with Crippen molar-refractivity contribution in [1.29, 1.82) is 0 Å². The largest absolute Gasteiger partial charge is 0.504 e. The molecule has 4 atom stereocenters. The first-order valence-corrected chi connectivity index (χ1v) is 18.1. The summed E-state index contributed by atoms with van der Waals surface area (Å²) in [7, 11) is 0. The summed E-state index contributed by atoms with van der Waals surface area (Å²) in [4.78, 5) is 92.3. The van der Waals surface area contributed by atoms with Crippen LogP contribution in [-0.2, 0) is 35.2 Å². The number of carboxylic acids is 2. The Morgan fingerprint density at radius 3 is 1.93 bits per heavy atom. The fraction of sp³-hybridized carbons (Fsp3) is 0.447. The molecule has 0 spiro atoms. The van der Waals surface area contributed by atoms with Gasteiger partial charge >= 0.3 is 11.9 Å². The van der Waals surface area contributed by atoms with Gasteiger partial charge in [0.25, 0.3) is 5.91 Å². The number of para-hydroxylation sites is 1. The van der Waals surface area contributed by atoms with Gasteiger partial charge in [0, 0.05) is 42.0 Å². The molecule has 304 valence electrons. The fourth-order valence-corrected chi connectivity index (χ4v) is 5.82. The van der Waals surface area contributed by atoms with Crippen LogP contribution in [0.2, 0.25) is 0 Å². The first-order valence-electron chi connectivity index (χ1n) is 18.1. The van der Waals surface area contributed by atoms with Gasteiger partial charge in [-0.2, -0.15) is 0 Å². The Labute approximate surface area is 322 Å². The summed E-state index contributed by atoms with van der Waals surface area (Å²) >= 11 is 0. The number of fused-ring (bicyclic) bond motifs is 1. The van der Waals surface area contributed by atoms with Gasteiger partial charge in [0.2, 0.25) is 23.6 Å². The molecule has 11 N–H and O–H groups in total. The van der Waals surface area contributed by atoms with Gasteiger partial charge in [-0.3, -0.25) is 28.8 Å². The zero-order valence-corrected chi connectivity index (χ0v) is 31.5. The third-order valence-electron chi connectivity index (χ3n) is 8.94. The summed E-state index contributed by atoms with van der Waals surface area (Å²) in [6.07, 6.45) is 2.24. The lowest BCUT2D eigenvalue weighted by molar-refractivity contribution is -0.144. The number of aliphatic carboxylic acids is 2. The van der Waals surface area contributed by atoms with Crippen molar-refractivity contribution >= 4 is 52.4 Å². The molecule has 0 saturated heterocycles. The standard InChI is InChI=1S/C38H50N6O12/c1-19(2)31(37(54)42-26(17-30(48)49)36(53)44-32(20(3)4)38(55)56)43-35(52)25(14-22-18-40-24-11-8-7-10-23(22)24)41-29(47)12-6-5-9-13-39-34(51)21-15-27(45)33(50)28(46)16-21/h7-8,10-11,15-16,18-20,25-26,31-32,40,45-46,50H,5-6,9,12-14,17H2,1-4H3,(H,39,51)(H,41,47)(H,42,54)(H,43,52)(H,44,53)(H,48,49)(H,55,56)/t25-,26-,31+,32+/m0/s1. The molecule has 0 fully saturated rings. The highest BCUT2D eigenvalue weighted by molar-refractivity contribution is 5.97. The Morgan fingerprint density at radius 1 is 0.714 bits per heavy atom. The third kappa shape index (κ3) is 12.6. The van der Waals surface area contributed by atoms with Gasteiger partial charge in [0.05, 0.1) is 6.42 Å². The predicted octanol–water partition coefficient (Wildman–Crippen LogP) is 1.63. The van der Waals surface area contributed by atoms with Crippen LogP contribution in [0.5, 0.6) is 17.2 Å². The monoisotopic (exact) mass is 782 g/mol. The van der Waals surface area contributed by atoms with E-state index in [1.165, 1.54) is 0 Å². The minimum Gasteiger partial charge on any atom is -0.504 e. The van der Waals surface area contributed by atoms with E-state index in [4.69, 9.17) is 0 Å². The summed E-state index contributed by atoms with van der Waals surface area (Å²) in [5.74, 6) is -9.65. The van der Waals surface area contributed by atoms with Gasteiger partial charge in [-0.25, -0.2) is 4.79 Å². The zero-order valence-electron chi connectivity index (χ0n) is 31.5. The Morgan fingerprint density at radius 2 is 1.32 bits per heavy atom. The Balaban J connectivity index is 1.68. The molecule has 18 nitrogen and oxygen atoms in total. The second-order valence-electron chi connectivity index (χ2n) is 14.1. The molecule has 1 heterocycles. The second kappa shape index (κ2) is 20.4. The molecule has 0 radical (unpaired) electrons. The molecule has 0 saturated carbocycles. The van der Waals surface area contributed by atoms with Crippen molar-refractivity contribution in [2.45, 2.75) is 90.4 Å². The number of phenolic OH excluding ortho intramolecular Hbond substituents is 3. The van der Waals surface area contributed by atoms with E-state index < -0.39 is 101 Å². The number of hydrogen-bond donors (Lipinski definition) is 11. The number of H-pyrrole nitrogens is 1. The Kier molecular flexibility index (Phi) is 16.0. The number of unbranched alkanes of at least 4 members (excludes halogenated alkanes) is 2. The number of carboxylic acid groups (broad SMARTS) is 2. The van der Waals surface area contributed by atoms with Crippen LogP contribution < -0.4 is 26.6 Å². The summed E-state index contributed by atoms with van der Waals surface area (Å²) < 4.78 is 0. The Bertz CT molecular complexity index is 1890. The van der Waals surface area contributed by atoms with E-state index in [1.54, 1.807) is 33.9 Å². The van der Waals surface area contributed by atoms with Crippen molar-refractivity contribution in [3.8, 4) is 17.2 Å². The molecule has 5 amide bonds. The average Bonchev–Trinajstić information content (AvgIpc) is 3.53. The second-order valence-corrected chi connectivity index (χ2v) is 14.1. The van der Waals surface area contributed by atoms with Crippen molar-refractivity contribution in [3.05, 3.63) is 53.7 Å². The molecule has 0 aliphatic rings. The highest BCUT2D eigenvalue weighted by Gasteiger charge is 2.34. The smallest absolute Gasteiger partial charge is 0.326 e. The van der Waals surface area contributed by atoms with Gasteiger partial charge in [-0.1, -0.05) is 52.3 Å². The quantitative estimate of drug-likeness (QED) is 0.0543. The van der Waals surface area contributed by atoms with Gasteiger partial charge in [-0.05, 0) is 48.4 Å². The fourth-order valence-electron chi connectivity index (χ4n) is 5.82. The SMILES string of the molecule is CC(C)[C@@H](NC(=O)[C@H](CC(=O)O)NC(=O)[C@H](NC(=O)[C@H](Cc1c[nH]c2ccccc12)NC(=O)CCCCCNC(=O)c1cc(O)c(O)c(O)c1)C(C)C)C(=O)O. The summed E-state index contributed by atoms with van der Waals surface area (Å²) in [6.45, 7) is 6.53. The highest BCUT2D eigenvalue weighted by Crippen LogP contribution is 2.35. The van der Waals surface area contributed by atoms with Crippen molar-refractivity contribution in [3.63, 3.8) is 0 Å². The van der Waals surface area contributed by atoms with Crippen molar-refractivity contribution in [1.82, 2.24) is 31.6 Å². The molecule has 18 heteroatoms. The third-order valence-corrected chi connectivity index (χ3v) is 8.94. The van der Waals surface area contributed by atoms with Crippen LogP contribution in [0.1, 0.15) is 75.7 Å². The number of benzene rings is 2. The summed E-state index contributed by atoms with van der Waals surface area (Å²) in [5, 5.41) is 61.1. The number of hydrogen-bond acceptors (Lipinski definition) is 10. The normalized spacial score (nSPS) is 13.3. The van der Waals surface area contributed by atoms with Crippen LogP contribution in [0.4, 0.5) is 0 Å². The van der Waals surface area contributed by atoms with Crippen LogP contribution in [0.15, 0.2) is 42.6 Å². The topological polar surface area (TPSA) is 297 Å². The molecule has 3 aromatic rings. The van der Waals surface area contributed by atoms with Gasteiger partial charge in [0.1, 0.15) is 24.2 Å². The number of aromatic amines is 1. The highest BCUT2D eigenvalue weighted by atomic mass is 16.4. The van der Waals surface area contributed by atoms with Crippen molar-refractivity contribution in [2.24, 2.45) is 11.8 Å². The number of aromatic hydroxyl groups is 3. The lowest BCUT2D eigenvalue weighted by Gasteiger charge is -2.28. The molecular formula is C38H50N6O12. The molecule has 0 unspecified atom stereocenters. The summed E-state index contributed by atoms with van der Waals surface area (Å²) in [6, 6.07) is 3.87. The average molecular weight is 783 g/mol. The molecule has 1 aromatic heterocycles. The number of carbonyl (C=O) groups is 7. The maximum atomic E-state index is 13.9. The minimum absolute atomic E-state index is 0.0130. The molecule has 3 rings (SSSR count). The molecule has 0 aliphatic carbocycles. The minimum atomic E-state index is -1.66. The lowest BCUT2D eigenvalue weighted by Crippen LogP contribution is -2.59. The Hall–Kier alpha value is -6.33. The number of rotatable bonds is 21.